The van der Waals surface area contributed by atoms with Crippen molar-refractivity contribution in [1.29, 1.82) is 0 Å². The van der Waals surface area contributed by atoms with Gasteiger partial charge < -0.3 is 9.31 Å². The van der Waals surface area contributed by atoms with Crippen molar-refractivity contribution < 1.29 is 13.7 Å². The fraction of sp³-hybridized carbons (Fsp3) is 0.545. The monoisotopic (exact) mass is 301 g/mol. The predicted octanol–water partition coefficient (Wildman–Crippen LogP) is 2.28. The summed E-state index contributed by atoms with van der Waals surface area (Å²) in [6.45, 7) is 7.73. The van der Waals surface area contributed by atoms with Crippen LogP contribution < -0.4 is 5.46 Å². The molecule has 1 fully saturated rings. The van der Waals surface area contributed by atoms with Gasteiger partial charge in [-0.1, -0.05) is 0 Å². The van der Waals surface area contributed by atoms with Crippen molar-refractivity contribution in [3.8, 4) is 0 Å². The van der Waals surface area contributed by atoms with Crippen LogP contribution in [-0.2, 0) is 9.31 Å². The maximum atomic E-state index is 13.9. The highest BCUT2D eigenvalue weighted by molar-refractivity contribution is 9.10. The molecule has 0 aromatic carbocycles. The maximum absolute atomic E-state index is 13.9. The first-order valence-electron chi connectivity index (χ1n) is 5.40. The van der Waals surface area contributed by atoms with Gasteiger partial charge in [0.05, 0.1) is 11.2 Å². The molecular weight excluding hydrogens is 288 g/mol. The molecule has 1 aliphatic heterocycles. The van der Waals surface area contributed by atoms with E-state index in [1.165, 1.54) is 6.20 Å². The lowest BCUT2D eigenvalue weighted by atomic mass is 9.79. The number of rotatable bonds is 1. The van der Waals surface area contributed by atoms with Gasteiger partial charge in [0.1, 0.15) is 4.60 Å². The van der Waals surface area contributed by atoms with E-state index in [1.54, 1.807) is 6.07 Å². The molecular formula is C11H14BBrFNO2. The largest absolute Gasteiger partial charge is 0.498 e. The Hall–Kier alpha value is -0.455. The molecule has 0 aliphatic carbocycles. The summed E-state index contributed by atoms with van der Waals surface area (Å²) in [5.41, 5.74) is -0.579. The highest BCUT2D eigenvalue weighted by Crippen LogP contribution is 2.36. The Morgan fingerprint density at radius 3 is 2.29 bits per heavy atom. The first-order chi connectivity index (χ1) is 7.74. The van der Waals surface area contributed by atoms with E-state index in [2.05, 4.69) is 20.9 Å². The van der Waals surface area contributed by atoms with Crippen LogP contribution in [0.15, 0.2) is 16.9 Å². The first kappa shape index (κ1) is 13.0. The molecule has 1 aromatic heterocycles. The Kier molecular flexibility index (Phi) is 3.08. The van der Waals surface area contributed by atoms with E-state index in [0.717, 1.165) is 0 Å². The number of pyridine rings is 1. The molecule has 2 heterocycles. The third kappa shape index (κ3) is 2.14. The van der Waals surface area contributed by atoms with E-state index < -0.39 is 24.1 Å². The summed E-state index contributed by atoms with van der Waals surface area (Å²) < 4.78 is 25.6. The summed E-state index contributed by atoms with van der Waals surface area (Å²) in [5.74, 6) is -0.439. The van der Waals surface area contributed by atoms with Gasteiger partial charge >= 0.3 is 7.12 Å². The van der Waals surface area contributed by atoms with Crippen LogP contribution >= 0.6 is 15.9 Å². The van der Waals surface area contributed by atoms with Crippen LogP contribution in [0.1, 0.15) is 27.7 Å². The molecule has 6 heteroatoms. The van der Waals surface area contributed by atoms with Crippen molar-refractivity contribution in [3.05, 3.63) is 22.7 Å². The van der Waals surface area contributed by atoms with Crippen molar-refractivity contribution in [2.75, 3.05) is 0 Å². The van der Waals surface area contributed by atoms with Crippen molar-refractivity contribution >= 4 is 28.5 Å². The molecule has 0 saturated carbocycles. The summed E-state index contributed by atoms with van der Waals surface area (Å²) in [6, 6.07) is 1.57. The van der Waals surface area contributed by atoms with Crippen LogP contribution in [-0.4, -0.2) is 23.3 Å². The Balaban J connectivity index is 2.36. The Morgan fingerprint density at radius 1 is 1.24 bits per heavy atom. The smallest absolute Gasteiger partial charge is 0.399 e. The zero-order valence-electron chi connectivity index (χ0n) is 10.3. The number of hydrogen-bond donors (Lipinski definition) is 0. The first-order valence-corrected chi connectivity index (χ1v) is 6.19. The molecule has 1 aliphatic rings. The minimum atomic E-state index is -0.695. The second-order valence-corrected chi connectivity index (χ2v) is 5.84. The summed E-state index contributed by atoms with van der Waals surface area (Å²) in [4.78, 5) is 3.81. The number of nitrogens with zero attached hydrogens (tertiary/aromatic N) is 1. The normalized spacial score (nSPS) is 21.9. The van der Waals surface area contributed by atoms with E-state index in [0.29, 0.717) is 5.46 Å². The zero-order chi connectivity index (χ0) is 12.8. The molecule has 1 saturated heterocycles. The molecule has 0 spiro atoms. The fourth-order valence-electron chi connectivity index (χ4n) is 1.58. The van der Waals surface area contributed by atoms with Crippen LogP contribution in [0.2, 0.25) is 0 Å². The zero-order valence-corrected chi connectivity index (χ0v) is 11.8. The quantitative estimate of drug-likeness (QED) is 0.589. The van der Waals surface area contributed by atoms with Crippen LogP contribution in [0.4, 0.5) is 4.39 Å². The highest BCUT2D eigenvalue weighted by atomic mass is 79.9. The number of hydrogen-bond acceptors (Lipinski definition) is 3. The molecule has 0 radical (unpaired) electrons. The molecule has 3 nitrogen and oxygen atoms in total. The fourth-order valence-corrected chi connectivity index (χ4v) is 1.93. The van der Waals surface area contributed by atoms with E-state index in [4.69, 9.17) is 9.31 Å². The molecule has 92 valence electrons. The molecule has 2 rings (SSSR count). The Bertz CT molecular complexity index is 437. The van der Waals surface area contributed by atoms with Gasteiger partial charge in [0.15, 0.2) is 5.82 Å². The van der Waals surface area contributed by atoms with Crippen LogP contribution in [0.25, 0.3) is 0 Å². The Labute approximate surface area is 109 Å². The van der Waals surface area contributed by atoms with E-state index in [1.807, 2.05) is 27.7 Å². The van der Waals surface area contributed by atoms with Gasteiger partial charge in [-0.05, 0) is 49.7 Å². The van der Waals surface area contributed by atoms with Gasteiger partial charge in [0.25, 0.3) is 0 Å². The van der Waals surface area contributed by atoms with Crippen molar-refractivity contribution in [2.24, 2.45) is 0 Å². The third-order valence-electron chi connectivity index (χ3n) is 3.38. The minimum absolute atomic E-state index is 0.171. The highest BCUT2D eigenvalue weighted by Gasteiger charge is 2.52. The lowest BCUT2D eigenvalue weighted by Gasteiger charge is -2.32. The summed E-state index contributed by atoms with van der Waals surface area (Å²) in [7, 11) is -0.695. The molecule has 0 amide bonds. The molecule has 1 aromatic rings. The van der Waals surface area contributed by atoms with Crippen molar-refractivity contribution in [3.63, 3.8) is 0 Å². The standard InChI is InChI=1S/C11H14BBrFNO2/c1-10(2)11(3,4)17-12(16-10)7-5-6-15-9(13)8(7)14/h5-6H,1-4H3. The SMILES string of the molecule is CC1(C)OB(c2ccnc(Br)c2F)OC1(C)C. The van der Waals surface area contributed by atoms with Gasteiger partial charge in [0.2, 0.25) is 0 Å². The summed E-state index contributed by atoms with van der Waals surface area (Å²) in [5, 5.41) is 0. The number of halogens is 2. The average Bonchev–Trinajstić information content (AvgIpc) is 2.40. The van der Waals surface area contributed by atoms with Gasteiger partial charge in [-0.25, -0.2) is 9.37 Å². The predicted molar refractivity (Wildman–Crippen MR) is 67.6 cm³/mol. The number of aromatic nitrogens is 1. The van der Waals surface area contributed by atoms with Gasteiger partial charge in [-0.3, -0.25) is 0 Å². The van der Waals surface area contributed by atoms with Crippen LogP contribution in [0.3, 0.4) is 0 Å². The minimum Gasteiger partial charge on any atom is -0.399 e. The molecule has 0 bridgehead atoms. The summed E-state index contributed by atoms with van der Waals surface area (Å²) >= 11 is 3.05. The molecule has 17 heavy (non-hydrogen) atoms. The average molecular weight is 302 g/mol. The van der Waals surface area contributed by atoms with Crippen molar-refractivity contribution in [1.82, 2.24) is 4.98 Å². The third-order valence-corrected chi connectivity index (χ3v) is 3.94. The lowest BCUT2D eigenvalue weighted by Crippen LogP contribution is -2.41. The second kappa shape index (κ2) is 4.04. The van der Waals surface area contributed by atoms with Crippen LogP contribution in [0, 0.1) is 5.82 Å². The van der Waals surface area contributed by atoms with Gasteiger partial charge in [0, 0.05) is 11.7 Å². The maximum Gasteiger partial charge on any atom is 0.498 e. The second-order valence-electron chi connectivity index (χ2n) is 5.09. The van der Waals surface area contributed by atoms with E-state index >= 15 is 0 Å². The lowest BCUT2D eigenvalue weighted by molar-refractivity contribution is 0.00578. The van der Waals surface area contributed by atoms with Gasteiger partial charge in [-0.2, -0.15) is 0 Å². The van der Waals surface area contributed by atoms with Crippen molar-refractivity contribution in [2.45, 2.75) is 38.9 Å². The molecule has 0 unspecified atom stereocenters. The molecule has 0 N–H and O–H groups in total. The topological polar surface area (TPSA) is 31.4 Å². The Morgan fingerprint density at radius 2 is 1.76 bits per heavy atom. The molecule has 0 atom stereocenters. The van der Waals surface area contributed by atoms with Gasteiger partial charge in [-0.15, -0.1) is 0 Å². The van der Waals surface area contributed by atoms with E-state index in [-0.39, 0.29) is 4.60 Å². The van der Waals surface area contributed by atoms with E-state index in [9.17, 15) is 4.39 Å². The summed E-state index contributed by atoms with van der Waals surface area (Å²) in [6.07, 6.45) is 1.52. The van der Waals surface area contributed by atoms with Crippen LogP contribution in [0.5, 0.6) is 0 Å².